The number of carbonyl (C=O) groups excluding carboxylic acids is 2. The summed E-state index contributed by atoms with van der Waals surface area (Å²) in [6.07, 6.45) is 34.7. The highest BCUT2D eigenvalue weighted by molar-refractivity contribution is 5.77. The number of hydrogen-bond donors (Lipinski definition) is 2. The number of aliphatic hydroxyl groups excluding tert-OH is 1. The quantitative estimate of drug-likeness (QED) is 0.0546. The lowest BCUT2D eigenvalue weighted by Gasteiger charge is -2.39. The number of esters is 2. The molecule has 0 spiro atoms. The summed E-state index contributed by atoms with van der Waals surface area (Å²) in [5.41, 5.74) is 2.32. The first-order valence-electron chi connectivity index (χ1n) is 25.6. The van der Waals surface area contributed by atoms with E-state index in [4.69, 9.17) is 9.47 Å². The first-order valence-corrected chi connectivity index (χ1v) is 25.6. The fraction of sp³-hybridized carbons (Fsp3) is 0.741. The molecular weight excluding hydrogens is 757 g/mol. The van der Waals surface area contributed by atoms with Gasteiger partial charge in [-0.2, -0.15) is 0 Å². The summed E-state index contributed by atoms with van der Waals surface area (Å²) < 4.78 is 11.6. The minimum absolute atomic E-state index is 0.0464. The minimum Gasteiger partial charge on any atom is -0.460 e. The molecule has 0 aliphatic carbocycles. The number of hydrogen-bond acceptors (Lipinski definition) is 7. The molecule has 2 fully saturated rings. The van der Waals surface area contributed by atoms with Gasteiger partial charge in [-0.1, -0.05) is 223 Å². The second kappa shape index (κ2) is 34.7. The van der Waals surface area contributed by atoms with Crippen molar-refractivity contribution in [2.45, 2.75) is 237 Å². The van der Waals surface area contributed by atoms with Crippen molar-refractivity contribution in [2.24, 2.45) is 0 Å². The van der Waals surface area contributed by atoms with Gasteiger partial charge in [0.2, 0.25) is 0 Å². The highest BCUT2D eigenvalue weighted by atomic mass is 16.6. The Hall–Kier alpha value is -2.74. The molecule has 5 unspecified atom stereocenters. The summed E-state index contributed by atoms with van der Waals surface area (Å²) >= 11 is 0. The summed E-state index contributed by atoms with van der Waals surface area (Å²) in [6.45, 7) is 8.87. The maximum absolute atomic E-state index is 13.1. The number of morpholine rings is 2. The van der Waals surface area contributed by atoms with Crippen molar-refractivity contribution in [3.05, 3.63) is 71.8 Å². The number of β-amino-alcohol motifs (C(OH)–C–C–N with tert-alkyl or cyclic N) is 1. The third-order valence-electron chi connectivity index (χ3n) is 12.7. The highest BCUT2D eigenvalue weighted by Gasteiger charge is 2.37. The lowest BCUT2D eigenvalue weighted by Crippen LogP contribution is -2.55. The Morgan fingerprint density at radius 2 is 0.984 bits per heavy atom. The van der Waals surface area contributed by atoms with Crippen LogP contribution in [0.2, 0.25) is 0 Å². The van der Waals surface area contributed by atoms with Gasteiger partial charge in [0.15, 0.2) is 0 Å². The Balaban J connectivity index is 0.000000356. The first kappa shape index (κ1) is 52.6. The molecule has 0 radical (unpaired) electrons. The number of nitrogens with zero attached hydrogens (tertiary/aromatic N) is 1. The van der Waals surface area contributed by atoms with E-state index >= 15 is 0 Å². The lowest BCUT2D eigenvalue weighted by molar-refractivity contribution is -0.168. The van der Waals surface area contributed by atoms with E-state index < -0.39 is 0 Å². The third-order valence-corrected chi connectivity index (χ3v) is 12.7. The van der Waals surface area contributed by atoms with E-state index in [9.17, 15) is 14.7 Å². The van der Waals surface area contributed by atoms with E-state index in [0.717, 1.165) is 57.2 Å². The number of benzene rings is 2. The molecule has 346 valence electrons. The van der Waals surface area contributed by atoms with E-state index in [2.05, 4.69) is 55.3 Å². The molecular formula is C54H90N2O5. The van der Waals surface area contributed by atoms with Crippen LogP contribution in [0.5, 0.6) is 0 Å². The molecule has 0 bridgehead atoms. The van der Waals surface area contributed by atoms with Crippen molar-refractivity contribution in [2.75, 3.05) is 19.6 Å². The zero-order valence-corrected chi connectivity index (χ0v) is 39.3. The SMILES string of the molecule is CCCCCCCCCCC(O)CN1CC(CCCCCCCCCC)OC(=O)C1Cc1ccccc1.CCCCCCCCCCC1CNC(Cc2ccccc2)C(=O)O1. The number of carbonyl (C=O) groups is 2. The van der Waals surface area contributed by atoms with Gasteiger partial charge in [0.1, 0.15) is 24.3 Å². The smallest absolute Gasteiger partial charge is 0.324 e. The van der Waals surface area contributed by atoms with E-state index in [1.165, 1.54) is 140 Å². The number of unbranched alkanes of at least 4 members (excludes halogenated alkanes) is 21. The van der Waals surface area contributed by atoms with Gasteiger partial charge in [-0.25, -0.2) is 0 Å². The molecule has 7 heteroatoms. The summed E-state index contributed by atoms with van der Waals surface area (Å²) in [4.78, 5) is 27.5. The van der Waals surface area contributed by atoms with Crippen LogP contribution in [0.4, 0.5) is 0 Å². The molecule has 0 saturated carbocycles. The van der Waals surface area contributed by atoms with Crippen LogP contribution in [0.25, 0.3) is 0 Å². The van der Waals surface area contributed by atoms with Gasteiger partial charge in [0, 0.05) is 19.6 Å². The van der Waals surface area contributed by atoms with E-state index in [0.29, 0.717) is 19.4 Å². The van der Waals surface area contributed by atoms with Crippen LogP contribution < -0.4 is 5.32 Å². The Labute approximate surface area is 373 Å². The van der Waals surface area contributed by atoms with Crippen molar-refractivity contribution >= 4 is 11.9 Å². The zero-order valence-electron chi connectivity index (χ0n) is 39.3. The number of cyclic esters (lactones) is 2. The molecule has 2 aromatic carbocycles. The summed E-state index contributed by atoms with van der Waals surface area (Å²) in [5, 5.41) is 14.2. The standard InChI is InChI=1S/C33H57NO3.C21H33NO2/c1-3-5-7-9-11-13-15-20-24-30(35)27-34-28-31(25-21-16-14-12-10-8-6-4-2)37-33(36)32(34)26-29-22-18-17-19-23-29;1-2-3-4-5-6-7-8-12-15-19-17-22-20(21(23)24-19)16-18-13-10-9-11-14-18/h17-19,22-23,30-32,35H,3-16,20-21,24-28H2,1-2H3;9-11,13-14,19-20,22H,2-8,12,15-17H2,1H3. The molecule has 7 nitrogen and oxygen atoms in total. The lowest BCUT2D eigenvalue weighted by atomic mass is 9.99. The van der Waals surface area contributed by atoms with Crippen molar-refractivity contribution in [3.8, 4) is 0 Å². The first-order chi connectivity index (χ1) is 29.9. The van der Waals surface area contributed by atoms with Gasteiger partial charge < -0.3 is 19.9 Å². The fourth-order valence-electron chi connectivity index (χ4n) is 8.92. The predicted octanol–water partition coefficient (Wildman–Crippen LogP) is 12.9. The van der Waals surface area contributed by atoms with E-state index in [1.54, 1.807) is 0 Å². The van der Waals surface area contributed by atoms with Crippen molar-refractivity contribution < 1.29 is 24.2 Å². The largest absolute Gasteiger partial charge is 0.460 e. The minimum atomic E-state index is -0.381. The van der Waals surface area contributed by atoms with Crippen LogP contribution >= 0.6 is 0 Å². The molecule has 2 aliphatic heterocycles. The van der Waals surface area contributed by atoms with Crippen molar-refractivity contribution in [1.29, 1.82) is 0 Å². The second-order valence-electron chi connectivity index (χ2n) is 18.4. The average molecular weight is 847 g/mol. The number of nitrogens with one attached hydrogen (secondary N) is 1. The number of aliphatic hydroxyl groups is 1. The van der Waals surface area contributed by atoms with Crippen LogP contribution in [0.1, 0.15) is 205 Å². The van der Waals surface area contributed by atoms with Crippen LogP contribution in [-0.4, -0.2) is 72.0 Å². The maximum Gasteiger partial charge on any atom is 0.324 e. The van der Waals surface area contributed by atoms with Crippen LogP contribution in [0, 0.1) is 0 Å². The van der Waals surface area contributed by atoms with Crippen LogP contribution in [0.15, 0.2) is 60.7 Å². The normalized spacial score (nSPS) is 19.8. The average Bonchev–Trinajstić information content (AvgIpc) is 3.27. The summed E-state index contributed by atoms with van der Waals surface area (Å²) in [6, 6.07) is 19.8. The molecule has 0 aromatic heterocycles. The molecule has 2 aromatic rings. The van der Waals surface area contributed by atoms with Crippen LogP contribution in [-0.2, 0) is 31.9 Å². The molecule has 61 heavy (non-hydrogen) atoms. The van der Waals surface area contributed by atoms with E-state index in [-0.39, 0.29) is 42.3 Å². The molecule has 4 rings (SSSR count). The highest BCUT2D eigenvalue weighted by Crippen LogP contribution is 2.23. The Morgan fingerprint density at radius 1 is 0.557 bits per heavy atom. The maximum atomic E-state index is 13.1. The van der Waals surface area contributed by atoms with Crippen LogP contribution in [0.3, 0.4) is 0 Å². The van der Waals surface area contributed by atoms with Gasteiger partial charge >= 0.3 is 11.9 Å². The summed E-state index contributed by atoms with van der Waals surface area (Å²) in [5.74, 6) is -0.200. The molecule has 5 atom stereocenters. The van der Waals surface area contributed by atoms with Gasteiger partial charge in [0.05, 0.1) is 6.10 Å². The molecule has 2 heterocycles. The van der Waals surface area contributed by atoms with Crippen molar-refractivity contribution in [3.63, 3.8) is 0 Å². The van der Waals surface area contributed by atoms with Gasteiger partial charge in [-0.3, -0.25) is 14.5 Å². The third kappa shape index (κ3) is 24.6. The Bertz CT molecular complexity index is 1340. The van der Waals surface area contributed by atoms with E-state index in [1.807, 2.05) is 36.4 Å². The Morgan fingerprint density at radius 3 is 1.48 bits per heavy atom. The topological polar surface area (TPSA) is 88.1 Å². The molecule has 2 aliphatic rings. The van der Waals surface area contributed by atoms with Gasteiger partial charge in [-0.05, 0) is 56.1 Å². The molecule has 2 N–H and O–H groups in total. The number of rotatable bonds is 33. The molecule has 2 saturated heterocycles. The fourth-order valence-corrected chi connectivity index (χ4v) is 8.92. The predicted molar refractivity (Wildman–Crippen MR) is 255 cm³/mol. The van der Waals surface area contributed by atoms with Gasteiger partial charge in [0.25, 0.3) is 0 Å². The monoisotopic (exact) mass is 847 g/mol. The Kier molecular flexibility index (Phi) is 29.9. The van der Waals surface area contributed by atoms with Crippen molar-refractivity contribution in [1.82, 2.24) is 10.2 Å². The summed E-state index contributed by atoms with van der Waals surface area (Å²) in [7, 11) is 0. The van der Waals surface area contributed by atoms with Gasteiger partial charge in [-0.15, -0.1) is 0 Å². The molecule has 0 amide bonds. The second-order valence-corrected chi connectivity index (χ2v) is 18.4. The number of ether oxygens (including phenoxy) is 2. The zero-order chi connectivity index (χ0) is 43.6.